The molecule has 1 unspecified atom stereocenters. The molecule has 0 radical (unpaired) electrons. The third-order valence-corrected chi connectivity index (χ3v) is 8.06. The van der Waals surface area contributed by atoms with Gasteiger partial charge in [0.2, 0.25) is 12.4 Å². The number of methoxy groups -OCH3 is 1. The molecule has 4 aromatic rings. The summed E-state index contributed by atoms with van der Waals surface area (Å²) in [6.07, 6.45) is -3.79. The molecule has 0 bridgehead atoms. The summed E-state index contributed by atoms with van der Waals surface area (Å²) in [7, 11) is 1.54. The number of aryl methyl sites for hydroxylation is 1. The van der Waals surface area contributed by atoms with E-state index in [1.165, 1.54) is 6.07 Å². The summed E-state index contributed by atoms with van der Waals surface area (Å²) in [6.45, 7) is 5.62. The normalized spacial score (nSPS) is 25.1. The van der Waals surface area contributed by atoms with Crippen molar-refractivity contribution in [2.75, 3.05) is 7.11 Å². The molecule has 2 aliphatic heterocycles. The van der Waals surface area contributed by atoms with Crippen molar-refractivity contribution in [2.24, 2.45) is 0 Å². The monoisotopic (exact) mass is 572 g/mol. The molecule has 0 spiro atoms. The molecule has 0 aliphatic carbocycles. The topological polar surface area (TPSA) is 103 Å². The van der Waals surface area contributed by atoms with Crippen molar-refractivity contribution in [3.8, 4) is 11.5 Å². The molecule has 0 N–H and O–H groups in total. The second-order valence-corrected chi connectivity index (χ2v) is 10.7. The van der Waals surface area contributed by atoms with Crippen LogP contribution in [0.5, 0.6) is 11.5 Å². The molecule has 3 aromatic carbocycles. The molecule has 2 fully saturated rings. The van der Waals surface area contributed by atoms with Gasteiger partial charge in [-0.3, -0.25) is 0 Å². The van der Waals surface area contributed by atoms with E-state index in [1.54, 1.807) is 26.2 Å². The van der Waals surface area contributed by atoms with Crippen LogP contribution in [0.15, 0.2) is 88.1 Å². The molecule has 5 atom stereocenters. The number of rotatable bonds is 8. The number of carbonyl (C=O) groups excluding carboxylic acids is 1. The zero-order valence-corrected chi connectivity index (χ0v) is 23.8. The standard InChI is InChI=1S/C33H32O9/c1-5-33(3)30(36-4)28-29(41-32(35)40-28)31(42-33)38-23-17-16-22-24(18-25(34)39-26(22)19(23)2)37-27(20-12-8-6-9-13-20)21-14-10-7-11-15-21/h6-18,27-31H,5H2,1-4H3/t28-,29+,30+,31?,33-/m0/s1. The highest BCUT2D eigenvalue weighted by molar-refractivity contribution is 5.87. The van der Waals surface area contributed by atoms with E-state index in [0.29, 0.717) is 34.5 Å². The van der Waals surface area contributed by atoms with Crippen molar-refractivity contribution < 1.29 is 37.6 Å². The lowest BCUT2D eigenvalue weighted by Crippen LogP contribution is -2.63. The zero-order valence-electron chi connectivity index (χ0n) is 23.8. The Morgan fingerprint density at radius 2 is 1.52 bits per heavy atom. The van der Waals surface area contributed by atoms with Crippen LogP contribution in [0.25, 0.3) is 11.0 Å². The van der Waals surface area contributed by atoms with Gasteiger partial charge in [0.15, 0.2) is 6.10 Å². The molecule has 218 valence electrons. The van der Waals surface area contributed by atoms with Crippen molar-refractivity contribution in [1.82, 2.24) is 0 Å². The summed E-state index contributed by atoms with van der Waals surface area (Å²) < 4.78 is 41.4. The lowest BCUT2D eigenvalue weighted by molar-refractivity contribution is -0.289. The minimum absolute atomic E-state index is 0.315. The fraction of sp³-hybridized carbons (Fsp3) is 0.333. The van der Waals surface area contributed by atoms with Crippen LogP contribution >= 0.6 is 0 Å². The molecule has 1 aromatic heterocycles. The Bertz CT molecular complexity index is 1590. The van der Waals surface area contributed by atoms with E-state index < -0.39 is 48.1 Å². The van der Waals surface area contributed by atoms with Crippen LogP contribution in [0.3, 0.4) is 0 Å². The van der Waals surface area contributed by atoms with Gasteiger partial charge in [0.1, 0.15) is 29.3 Å². The van der Waals surface area contributed by atoms with Gasteiger partial charge in [-0.2, -0.15) is 0 Å². The van der Waals surface area contributed by atoms with E-state index in [-0.39, 0.29) is 0 Å². The van der Waals surface area contributed by atoms with Gasteiger partial charge in [0, 0.05) is 12.7 Å². The maximum Gasteiger partial charge on any atom is 0.509 e. The van der Waals surface area contributed by atoms with E-state index in [2.05, 4.69) is 0 Å². The number of hydrogen-bond donors (Lipinski definition) is 0. The Hall–Kier alpha value is -4.34. The van der Waals surface area contributed by atoms with Crippen LogP contribution in [-0.2, 0) is 18.9 Å². The smallest absolute Gasteiger partial charge is 0.480 e. The summed E-state index contributed by atoms with van der Waals surface area (Å²) >= 11 is 0. The molecule has 3 heterocycles. The largest absolute Gasteiger partial charge is 0.509 e. The van der Waals surface area contributed by atoms with Gasteiger partial charge in [0.25, 0.3) is 0 Å². The summed E-state index contributed by atoms with van der Waals surface area (Å²) in [5, 5.41) is 0.604. The number of ether oxygens (including phenoxy) is 6. The van der Waals surface area contributed by atoms with Crippen molar-refractivity contribution in [2.45, 2.75) is 63.5 Å². The number of hydrogen-bond acceptors (Lipinski definition) is 9. The van der Waals surface area contributed by atoms with Crippen LogP contribution < -0.4 is 15.1 Å². The Morgan fingerprint density at radius 3 is 2.14 bits per heavy atom. The molecule has 0 amide bonds. The Kier molecular flexibility index (Phi) is 7.38. The zero-order chi connectivity index (χ0) is 29.4. The molecule has 2 saturated heterocycles. The molecule has 0 saturated carbocycles. The van der Waals surface area contributed by atoms with Crippen molar-refractivity contribution in [1.29, 1.82) is 0 Å². The summed E-state index contributed by atoms with van der Waals surface area (Å²) in [5.41, 5.74) is 1.38. The SMILES string of the molecule is CC[C@]1(C)OC(Oc2ccc3c(OC(c4ccccc4)c4ccccc4)cc(=O)oc3c2C)[C@@H]2OC(=O)O[C@@H]2[C@H]1OC. The Morgan fingerprint density at radius 1 is 0.881 bits per heavy atom. The minimum atomic E-state index is -0.986. The lowest BCUT2D eigenvalue weighted by Gasteiger charge is -2.46. The fourth-order valence-electron chi connectivity index (χ4n) is 5.71. The maximum atomic E-state index is 12.8. The average molecular weight is 573 g/mol. The van der Waals surface area contributed by atoms with E-state index in [1.807, 2.05) is 74.5 Å². The first-order valence-corrected chi connectivity index (χ1v) is 13.9. The second-order valence-electron chi connectivity index (χ2n) is 10.7. The van der Waals surface area contributed by atoms with Crippen LogP contribution in [0.4, 0.5) is 4.79 Å². The number of benzene rings is 3. The number of carbonyl (C=O) groups is 1. The van der Waals surface area contributed by atoms with Crippen molar-refractivity contribution in [3.63, 3.8) is 0 Å². The first kappa shape index (κ1) is 27.8. The quantitative estimate of drug-likeness (QED) is 0.183. The maximum absolute atomic E-state index is 12.8. The Balaban J connectivity index is 1.36. The van der Waals surface area contributed by atoms with Gasteiger partial charge in [-0.15, -0.1) is 0 Å². The van der Waals surface area contributed by atoms with Crippen LogP contribution in [0, 0.1) is 6.92 Å². The van der Waals surface area contributed by atoms with Gasteiger partial charge in [-0.25, -0.2) is 9.59 Å². The van der Waals surface area contributed by atoms with Gasteiger partial charge in [-0.1, -0.05) is 67.6 Å². The summed E-state index contributed by atoms with van der Waals surface area (Å²) in [6, 6.07) is 24.5. The molecular weight excluding hydrogens is 540 g/mol. The third kappa shape index (κ3) is 4.99. The molecule has 9 nitrogen and oxygen atoms in total. The highest BCUT2D eigenvalue weighted by Crippen LogP contribution is 2.42. The lowest BCUT2D eigenvalue weighted by atomic mass is 9.86. The highest BCUT2D eigenvalue weighted by atomic mass is 16.8. The molecule has 42 heavy (non-hydrogen) atoms. The summed E-state index contributed by atoms with van der Waals surface area (Å²) in [4.78, 5) is 24.9. The summed E-state index contributed by atoms with van der Waals surface area (Å²) in [5.74, 6) is 0.772. The second kappa shape index (κ2) is 11.2. The van der Waals surface area contributed by atoms with Gasteiger partial charge < -0.3 is 32.8 Å². The van der Waals surface area contributed by atoms with Crippen LogP contribution in [0.2, 0.25) is 0 Å². The van der Waals surface area contributed by atoms with Crippen LogP contribution in [-0.4, -0.2) is 43.5 Å². The van der Waals surface area contributed by atoms with E-state index >= 15 is 0 Å². The first-order valence-electron chi connectivity index (χ1n) is 13.9. The van der Waals surface area contributed by atoms with E-state index in [0.717, 1.165) is 11.1 Å². The number of fused-ring (bicyclic) bond motifs is 2. The van der Waals surface area contributed by atoms with Gasteiger partial charge in [0.05, 0.1) is 17.1 Å². The van der Waals surface area contributed by atoms with Gasteiger partial charge >= 0.3 is 11.8 Å². The third-order valence-electron chi connectivity index (χ3n) is 8.06. The van der Waals surface area contributed by atoms with Crippen LogP contribution in [0.1, 0.15) is 43.1 Å². The minimum Gasteiger partial charge on any atom is -0.480 e. The predicted molar refractivity (Wildman–Crippen MR) is 153 cm³/mol. The molecule has 6 rings (SSSR count). The highest BCUT2D eigenvalue weighted by Gasteiger charge is 2.60. The molecular formula is C33H32O9. The molecule has 9 heteroatoms. The van der Waals surface area contributed by atoms with Crippen molar-refractivity contribution >= 4 is 17.1 Å². The Labute approximate surface area is 242 Å². The first-order chi connectivity index (χ1) is 20.3. The van der Waals surface area contributed by atoms with Crippen molar-refractivity contribution in [3.05, 3.63) is 106 Å². The predicted octanol–water partition coefficient (Wildman–Crippen LogP) is 6.09. The van der Waals surface area contributed by atoms with E-state index in [4.69, 9.17) is 32.8 Å². The average Bonchev–Trinajstić information content (AvgIpc) is 3.39. The van der Waals surface area contributed by atoms with Gasteiger partial charge in [-0.05, 0) is 43.5 Å². The van der Waals surface area contributed by atoms with E-state index in [9.17, 15) is 9.59 Å². The fourth-order valence-corrected chi connectivity index (χ4v) is 5.71. The molecule has 2 aliphatic rings.